The van der Waals surface area contributed by atoms with E-state index in [4.69, 9.17) is 0 Å². The van der Waals surface area contributed by atoms with Gasteiger partial charge in [-0.3, -0.25) is 9.59 Å². The van der Waals surface area contributed by atoms with Gasteiger partial charge in [0.2, 0.25) is 11.8 Å². The van der Waals surface area contributed by atoms with Crippen LogP contribution in [0.25, 0.3) is 10.9 Å². The molecule has 3 fully saturated rings. The zero-order valence-corrected chi connectivity index (χ0v) is 18.0. The second kappa shape index (κ2) is 8.09. The standard InChI is InChI=1S/C25H33N3O2/c1-2-6-22-18-13-19(23-9-5-10-25(30)28(22)23)16-27(15-18)24(29)12-11-17-14-26-21-8-4-3-7-20(17)21/h3-4,7-8,14,18-19,22-23,26H,2,5-6,9-13,15-16H2,1H3/t18-,19+,22-,23-/m0/s1. The highest BCUT2D eigenvalue weighted by Gasteiger charge is 2.49. The lowest BCUT2D eigenvalue weighted by Gasteiger charge is -2.56. The van der Waals surface area contributed by atoms with Gasteiger partial charge in [0.1, 0.15) is 0 Å². The van der Waals surface area contributed by atoms with Gasteiger partial charge in [-0.15, -0.1) is 0 Å². The lowest BCUT2D eigenvalue weighted by atomic mass is 9.71. The number of aryl methyl sites for hydroxylation is 1. The number of hydrogen-bond donors (Lipinski definition) is 1. The molecule has 1 N–H and O–H groups in total. The first-order valence-electron chi connectivity index (χ1n) is 11.8. The molecule has 0 spiro atoms. The van der Waals surface area contributed by atoms with E-state index in [0.29, 0.717) is 42.7 Å². The molecule has 3 aliphatic rings. The number of nitrogens with one attached hydrogen (secondary N) is 1. The molecule has 4 atom stereocenters. The van der Waals surface area contributed by atoms with E-state index < -0.39 is 0 Å². The minimum Gasteiger partial charge on any atom is -0.361 e. The second-order valence-corrected chi connectivity index (χ2v) is 9.53. The summed E-state index contributed by atoms with van der Waals surface area (Å²) < 4.78 is 0. The Balaban J connectivity index is 1.29. The van der Waals surface area contributed by atoms with Crippen LogP contribution >= 0.6 is 0 Å². The monoisotopic (exact) mass is 407 g/mol. The van der Waals surface area contributed by atoms with Crippen molar-refractivity contribution in [1.29, 1.82) is 0 Å². The fraction of sp³-hybridized carbons (Fsp3) is 0.600. The summed E-state index contributed by atoms with van der Waals surface area (Å²) in [5.74, 6) is 1.54. The number of hydrogen-bond acceptors (Lipinski definition) is 2. The fourth-order valence-electron chi connectivity index (χ4n) is 6.38. The molecule has 1 aromatic carbocycles. The molecule has 5 rings (SSSR count). The van der Waals surface area contributed by atoms with Crippen LogP contribution in [0.1, 0.15) is 57.4 Å². The second-order valence-electron chi connectivity index (χ2n) is 9.53. The number of carbonyl (C=O) groups is 2. The van der Waals surface area contributed by atoms with E-state index in [2.05, 4.69) is 39.9 Å². The summed E-state index contributed by atoms with van der Waals surface area (Å²) in [4.78, 5) is 33.6. The van der Waals surface area contributed by atoms with Gasteiger partial charge >= 0.3 is 0 Å². The lowest BCUT2D eigenvalue weighted by molar-refractivity contribution is -0.156. The molecule has 5 heteroatoms. The van der Waals surface area contributed by atoms with Crippen molar-refractivity contribution in [2.24, 2.45) is 11.8 Å². The Bertz CT molecular complexity index is 935. The van der Waals surface area contributed by atoms with Gasteiger partial charge in [0.05, 0.1) is 0 Å². The predicted octanol–water partition coefficient (Wildman–Crippen LogP) is 4.13. The van der Waals surface area contributed by atoms with Gasteiger partial charge in [-0.05, 0) is 55.6 Å². The summed E-state index contributed by atoms with van der Waals surface area (Å²) in [7, 11) is 0. The van der Waals surface area contributed by atoms with Crippen LogP contribution in [0.3, 0.4) is 0 Å². The van der Waals surface area contributed by atoms with Crippen LogP contribution < -0.4 is 0 Å². The van der Waals surface area contributed by atoms with Crippen molar-refractivity contribution < 1.29 is 9.59 Å². The van der Waals surface area contributed by atoms with Crippen LogP contribution in [0.5, 0.6) is 0 Å². The number of H-pyrrole nitrogens is 1. The zero-order valence-electron chi connectivity index (χ0n) is 18.0. The first-order chi connectivity index (χ1) is 14.7. The highest BCUT2D eigenvalue weighted by molar-refractivity contribution is 5.84. The summed E-state index contributed by atoms with van der Waals surface area (Å²) in [5, 5.41) is 1.22. The van der Waals surface area contributed by atoms with Crippen molar-refractivity contribution in [2.75, 3.05) is 13.1 Å². The third-order valence-electron chi connectivity index (χ3n) is 7.72. The molecule has 0 unspecified atom stereocenters. The molecular formula is C25H33N3O2. The number of fused-ring (bicyclic) bond motifs is 5. The maximum Gasteiger partial charge on any atom is 0.223 e. The van der Waals surface area contributed by atoms with E-state index in [1.807, 2.05) is 12.3 Å². The van der Waals surface area contributed by atoms with Gasteiger partial charge in [0.15, 0.2) is 0 Å². The highest BCUT2D eigenvalue weighted by atomic mass is 16.2. The maximum atomic E-state index is 13.2. The van der Waals surface area contributed by atoms with Gasteiger partial charge in [0, 0.05) is 55.1 Å². The van der Waals surface area contributed by atoms with Crippen molar-refractivity contribution in [1.82, 2.24) is 14.8 Å². The number of aromatic amines is 1. The van der Waals surface area contributed by atoms with Crippen LogP contribution in [-0.4, -0.2) is 51.8 Å². The number of amides is 2. The molecule has 2 amide bonds. The first kappa shape index (κ1) is 19.7. The molecule has 30 heavy (non-hydrogen) atoms. The van der Waals surface area contributed by atoms with Gasteiger partial charge in [-0.25, -0.2) is 0 Å². The van der Waals surface area contributed by atoms with Crippen molar-refractivity contribution in [3.63, 3.8) is 0 Å². The molecule has 5 nitrogen and oxygen atoms in total. The molecule has 3 aliphatic heterocycles. The van der Waals surface area contributed by atoms with Crippen molar-refractivity contribution >= 4 is 22.7 Å². The van der Waals surface area contributed by atoms with Crippen LogP contribution in [0, 0.1) is 11.8 Å². The normalized spacial score (nSPS) is 28.6. The smallest absolute Gasteiger partial charge is 0.223 e. The summed E-state index contributed by atoms with van der Waals surface area (Å²) in [6, 6.07) is 8.97. The van der Waals surface area contributed by atoms with E-state index in [9.17, 15) is 9.59 Å². The molecular weight excluding hydrogens is 374 g/mol. The maximum absolute atomic E-state index is 13.2. The van der Waals surface area contributed by atoms with Crippen LogP contribution in [0.4, 0.5) is 0 Å². The van der Waals surface area contributed by atoms with Crippen LogP contribution in [0.2, 0.25) is 0 Å². The molecule has 2 bridgehead atoms. The Morgan fingerprint density at radius 3 is 2.90 bits per heavy atom. The number of nitrogens with zero attached hydrogens (tertiary/aromatic N) is 2. The Kier molecular flexibility index (Phi) is 5.30. The number of aromatic nitrogens is 1. The Labute approximate surface area is 178 Å². The summed E-state index contributed by atoms with van der Waals surface area (Å²) in [5.41, 5.74) is 2.36. The molecule has 3 saturated heterocycles. The van der Waals surface area contributed by atoms with Crippen molar-refractivity contribution in [3.05, 3.63) is 36.0 Å². The average molecular weight is 408 g/mol. The molecule has 0 radical (unpaired) electrons. The summed E-state index contributed by atoms with van der Waals surface area (Å²) in [6.45, 7) is 3.86. The molecule has 2 aromatic rings. The van der Waals surface area contributed by atoms with Crippen LogP contribution in [-0.2, 0) is 16.0 Å². The molecule has 0 saturated carbocycles. The SMILES string of the molecule is CCC[C@H]1[C@H]2C[C@H](CN(C(=O)CCc3c[nH]c4ccccc34)C2)[C@@H]2CCCC(=O)N21. The van der Waals surface area contributed by atoms with E-state index in [1.165, 1.54) is 17.4 Å². The highest BCUT2D eigenvalue weighted by Crippen LogP contribution is 2.43. The third kappa shape index (κ3) is 3.42. The number of para-hydroxylation sites is 1. The molecule has 4 heterocycles. The number of likely N-dealkylation sites (tertiary alicyclic amines) is 1. The number of carbonyl (C=O) groups excluding carboxylic acids is 2. The Morgan fingerprint density at radius 1 is 1.20 bits per heavy atom. The summed E-state index contributed by atoms with van der Waals surface area (Å²) in [6.07, 6.45) is 9.57. The largest absolute Gasteiger partial charge is 0.361 e. The number of rotatable bonds is 5. The predicted molar refractivity (Wildman–Crippen MR) is 118 cm³/mol. The Morgan fingerprint density at radius 2 is 2.03 bits per heavy atom. The first-order valence-corrected chi connectivity index (χ1v) is 11.8. The minimum absolute atomic E-state index is 0.279. The van der Waals surface area contributed by atoms with Gasteiger partial charge in [0.25, 0.3) is 0 Å². The number of piperidine rings is 3. The molecule has 160 valence electrons. The van der Waals surface area contributed by atoms with E-state index in [0.717, 1.165) is 50.7 Å². The van der Waals surface area contributed by atoms with Crippen LogP contribution in [0.15, 0.2) is 30.5 Å². The average Bonchev–Trinajstić information content (AvgIpc) is 3.18. The van der Waals surface area contributed by atoms with Crippen molar-refractivity contribution in [3.8, 4) is 0 Å². The summed E-state index contributed by atoms with van der Waals surface area (Å²) >= 11 is 0. The van der Waals surface area contributed by atoms with Crippen molar-refractivity contribution in [2.45, 2.75) is 70.4 Å². The molecule has 1 aromatic heterocycles. The van der Waals surface area contributed by atoms with E-state index in [1.54, 1.807) is 0 Å². The van der Waals surface area contributed by atoms with Gasteiger partial charge in [-0.2, -0.15) is 0 Å². The Hall–Kier alpha value is -2.30. The van der Waals surface area contributed by atoms with Gasteiger partial charge < -0.3 is 14.8 Å². The third-order valence-corrected chi connectivity index (χ3v) is 7.72. The number of benzene rings is 1. The zero-order chi connectivity index (χ0) is 20.7. The molecule has 0 aliphatic carbocycles. The fourth-order valence-corrected chi connectivity index (χ4v) is 6.38. The van der Waals surface area contributed by atoms with Gasteiger partial charge in [-0.1, -0.05) is 31.5 Å². The topological polar surface area (TPSA) is 56.4 Å². The van der Waals surface area contributed by atoms with E-state index in [-0.39, 0.29) is 5.91 Å². The minimum atomic E-state index is 0.279. The van der Waals surface area contributed by atoms with E-state index >= 15 is 0 Å². The lowest BCUT2D eigenvalue weighted by Crippen LogP contribution is -2.65. The quantitative estimate of drug-likeness (QED) is 0.810.